The maximum absolute atomic E-state index is 13.2. The Bertz CT molecular complexity index is 1500. The Balaban J connectivity index is 1.59. The molecular weight excluding hydrogens is 524 g/mol. The van der Waals surface area contributed by atoms with Gasteiger partial charge in [0.05, 0.1) is 19.4 Å². The van der Waals surface area contributed by atoms with Crippen molar-refractivity contribution in [3.8, 4) is 5.88 Å². The number of nitrogens with one attached hydrogen (secondary N) is 1. The van der Waals surface area contributed by atoms with Crippen LogP contribution in [0.5, 0.6) is 5.88 Å². The molecule has 3 N–H and O–H groups in total. The quantitative estimate of drug-likeness (QED) is 0.334. The van der Waals surface area contributed by atoms with E-state index in [1.807, 2.05) is 0 Å². The summed E-state index contributed by atoms with van der Waals surface area (Å²) in [6, 6.07) is 8.30. The molecule has 1 amide bonds. The van der Waals surface area contributed by atoms with Crippen LogP contribution < -0.4 is 15.6 Å². The van der Waals surface area contributed by atoms with Gasteiger partial charge in [0.1, 0.15) is 27.2 Å². The minimum absolute atomic E-state index is 0.0682. The molecule has 1 aromatic carbocycles. The number of benzene rings is 1. The molecular formula is C24H27ClN4O7S. The fourth-order valence-electron chi connectivity index (χ4n) is 4.03. The minimum Gasteiger partial charge on any atom is -0.473 e. The third-order valence-electron chi connectivity index (χ3n) is 6.77. The van der Waals surface area contributed by atoms with Crippen molar-refractivity contribution >= 4 is 38.2 Å². The summed E-state index contributed by atoms with van der Waals surface area (Å²) in [5, 5.41) is 30.7. The van der Waals surface area contributed by atoms with Gasteiger partial charge in [-0.05, 0) is 43.5 Å². The van der Waals surface area contributed by atoms with E-state index in [4.69, 9.17) is 16.3 Å². The number of aliphatic hydroxyl groups excluding tert-OH is 2. The standard InChI is InChI=1S/C24H27ClN4O7S/c1-23(12-30,13-31)37(34,35)24(7-8-24)14-36-21-19-16(11-27-28-21)9-18(22(33)29(19)2)20(32)26-10-15-3-5-17(25)6-4-15/h3-6,9,11,30-31H,7-8,10,12-14H2,1-2H3,(H,26,32). The summed E-state index contributed by atoms with van der Waals surface area (Å²) in [6.45, 7) is -0.297. The van der Waals surface area contributed by atoms with Gasteiger partial charge in [-0.1, -0.05) is 23.7 Å². The molecule has 0 aliphatic heterocycles. The molecule has 0 bridgehead atoms. The monoisotopic (exact) mass is 550 g/mol. The number of aromatic nitrogens is 3. The number of halogens is 1. The normalized spacial score (nSPS) is 14.9. The Morgan fingerprint density at radius 1 is 1.24 bits per heavy atom. The van der Waals surface area contributed by atoms with Crippen LogP contribution >= 0.6 is 11.6 Å². The number of pyridine rings is 1. The van der Waals surface area contributed by atoms with Crippen molar-refractivity contribution in [2.24, 2.45) is 7.05 Å². The van der Waals surface area contributed by atoms with Gasteiger partial charge in [-0.3, -0.25) is 9.59 Å². The lowest BCUT2D eigenvalue weighted by Gasteiger charge is -2.30. The number of amides is 1. The molecule has 0 unspecified atom stereocenters. The average Bonchev–Trinajstić information content (AvgIpc) is 3.70. The van der Waals surface area contributed by atoms with E-state index in [9.17, 15) is 28.2 Å². The van der Waals surface area contributed by atoms with Gasteiger partial charge in [0.2, 0.25) is 0 Å². The zero-order valence-electron chi connectivity index (χ0n) is 20.3. The first-order valence-electron chi connectivity index (χ1n) is 11.5. The van der Waals surface area contributed by atoms with Crippen molar-refractivity contribution in [2.75, 3.05) is 19.8 Å². The van der Waals surface area contributed by atoms with Gasteiger partial charge in [0.15, 0.2) is 9.84 Å². The van der Waals surface area contributed by atoms with Crippen LogP contribution in [0.25, 0.3) is 10.9 Å². The van der Waals surface area contributed by atoms with E-state index in [-0.39, 0.29) is 30.1 Å². The highest BCUT2D eigenvalue weighted by Crippen LogP contribution is 2.48. The molecule has 198 valence electrons. The molecule has 37 heavy (non-hydrogen) atoms. The maximum Gasteiger partial charge on any atom is 0.263 e. The largest absolute Gasteiger partial charge is 0.473 e. The van der Waals surface area contributed by atoms with Crippen LogP contribution in [-0.4, -0.2) is 68.6 Å². The summed E-state index contributed by atoms with van der Waals surface area (Å²) < 4.78 is 30.3. The Kier molecular flexibility index (Phi) is 7.30. The van der Waals surface area contributed by atoms with Gasteiger partial charge in [-0.15, -0.1) is 5.10 Å². The summed E-state index contributed by atoms with van der Waals surface area (Å²) in [5.41, 5.74) is 0.348. The van der Waals surface area contributed by atoms with Crippen molar-refractivity contribution in [1.29, 1.82) is 0 Å². The predicted molar refractivity (Wildman–Crippen MR) is 136 cm³/mol. The Morgan fingerprint density at radius 2 is 1.89 bits per heavy atom. The molecule has 0 spiro atoms. The van der Waals surface area contributed by atoms with E-state index in [2.05, 4.69) is 15.5 Å². The average molecular weight is 551 g/mol. The second-order valence-electron chi connectivity index (χ2n) is 9.43. The zero-order chi connectivity index (χ0) is 27.0. The SMILES string of the molecule is Cn1c(=O)c(C(=O)NCc2ccc(Cl)cc2)cc2cnnc(OCC3(S(=O)(=O)C(C)(CO)CO)CC3)c21. The molecule has 2 aromatic heterocycles. The third kappa shape index (κ3) is 4.81. The molecule has 3 aromatic rings. The molecule has 0 radical (unpaired) electrons. The lowest BCUT2D eigenvalue weighted by molar-refractivity contribution is 0.0949. The lowest BCUT2D eigenvalue weighted by Crippen LogP contribution is -2.50. The smallest absolute Gasteiger partial charge is 0.263 e. The molecule has 4 rings (SSSR count). The first-order chi connectivity index (χ1) is 17.5. The fourth-order valence-corrected chi connectivity index (χ4v) is 6.39. The van der Waals surface area contributed by atoms with Crippen LogP contribution in [-0.2, 0) is 23.4 Å². The summed E-state index contributed by atoms with van der Waals surface area (Å²) >= 11 is 5.88. The highest BCUT2D eigenvalue weighted by Gasteiger charge is 2.61. The topological polar surface area (TPSA) is 161 Å². The Labute approximate surface area is 218 Å². The van der Waals surface area contributed by atoms with E-state index >= 15 is 0 Å². The van der Waals surface area contributed by atoms with Gasteiger partial charge in [-0.25, -0.2) is 8.42 Å². The number of carbonyl (C=O) groups is 1. The van der Waals surface area contributed by atoms with Gasteiger partial charge in [0, 0.05) is 24.0 Å². The second kappa shape index (κ2) is 10.0. The Hall–Kier alpha value is -3.06. The highest BCUT2D eigenvalue weighted by atomic mass is 35.5. The zero-order valence-corrected chi connectivity index (χ0v) is 21.8. The second-order valence-corrected chi connectivity index (χ2v) is 12.7. The van der Waals surface area contributed by atoms with Crippen LogP contribution in [0.1, 0.15) is 35.7 Å². The van der Waals surface area contributed by atoms with Crippen molar-refractivity contribution < 1.29 is 28.2 Å². The highest BCUT2D eigenvalue weighted by molar-refractivity contribution is 7.94. The molecule has 0 saturated heterocycles. The first-order valence-corrected chi connectivity index (χ1v) is 13.3. The number of aliphatic hydroxyl groups is 2. The Morgan fingerprint density at radius 3 is 2.49 bits per heavy atom. The third-order valence-corrected chi connectivity index (χ3v) is 10.2. The maximum atomic E-state index is 13.2. The molecule has 13 heteroatoms. The van der Waals surface area contributed by atoms with E-state index in [1.54, 1.807) is 24.3 Å². The van der Waals surface area contributed by atoms with Crippen LogP contribution in [0, 0.1) is 0 Å². The molecule has 11 nitrogen and oxygen atoms in total. The van der Waals surface area contributed by atoms with Crippen LogP contribution in [0.3, 0.4) is 0 Å². The van der Waals surface area contributed by atoms with Gasteiger partial charge < -0.3 is 24.8 Å². The number of hydrogen-bond acceptors (Lipinski definition) is 9. The first kappa shape index (κ1) is 27.0. The van der Waals surface area contributed by atoms with Gasteiger partial charge >= 0.3 is 0 Å². The van der Waals surface area contributed by atoms with Crippen molar-refractivity contribution in [2.45, 2.75) is 35.8 Å². The van der Waals surface area contributed by atoms with Crippen LogP contribution in [0.2, 0.25) is 5.02 Å². The summed E-state index contributed by atoms with van der Waals surface area (Å²) in [6.07, 6.45) is 1.95. The number of nitrogens with zero attached hydrogens (tertiary/aromatic N) is 3. The van der Waals surface area contributed by atoms with E-state index in [0.29, 0.717) is 23.3 Å². The summed E-state index contributed by atoms with van der Waals surface area (Å²) in [5.74, 6) is -0.645. The van der Waals surface area contributed by atoms with Crippen molar-refractivity contribution in [1.82, 2.24) is 20.1 Å². The number of rotatable bonds is 10. The van der Waals surface area contributed by atoms with Crippen LogP contribution in [0.15, 0.2) is 41.3 Å². The van der Waals surface area contributed by atoms with Gasteiger partial charge in [0.25, 0.3) is 17.3 Å². The number of sulfone groups is 1. The minimum atomic E-state index is -3.98. The number of fused-ring (bicyclic) bond motifs is 1. The van der Waals surface area contributed by atoms with Crippen molar-refractivity contribution in [3.05, 3.63) is 63.0 Å². The molecule has 1 aliphatic rings. The molecule has 1 fully saturated rings. The molecule has 1 aliphatic carbocycles. The molecule has 2 heterocycles. The summed E-state index contributed by atoms with van der Waals surface area (Å²) in [4.78, 5) is 25.8. The number of aryl methyl sites for hydroxylation is 1. The number of ether oxygens (including phenoxy) is 1. The predicted octanol–water partition coefficient (Wildman–Crippen LogP) is 0.981. The van der Waals surface area contributed by atoms with Crippen molar-refractivity contribution in [3.63, 3.8) is 0 Å². The van der Waals surface area contributed by atoms with E-state index in [0.717, 1.165) is 5.56 Å². The fraction of sp³-hybridized carbons (Fsp3) is 0.417. The van der Waals surface area contributed by atoms with E-state index < -0.39 is 44.0 Å². The molecule has 1 saturated carbocycles. The number of hydrogen-bond donors (Lipinski definition) is 3. The number of carbonyl (C=O) groups excluding carboxylic acids is 1. The lowest BCUT2D eigenvalue weighted by atomic mass is 10.1. The summed E-state index contributed by atoms with van der Waals surface area (Å²) in [7, 11) is -2.53. The molecule has 0 atom stereocenters. The van der Waals surface area contributed by atoms with Crippen LogP contribution in [0.4, 0.5) is 0 Å². The van der Waals surface area contributed by atoms with E-state index in [1.165, 1.54) is 30.8 Å². The van der Waals surface area contributed by atoms with Gasteiger partial charge in [-0.2, -0.15) is 5.10 Å².